The van der Waals surface area contributed by atoms with Crippen molar-refractivity contribution in [3.05, 3.63) is 55.9 Å². The molecule has 0 bridgehead atoms. The molecule has 2 amide bonds. The molecule has 1 aliphatic rings. The lowest BCUT2D eigenvalue weighted by Gasteiger charge is -2.26. The van der Waals surface area contributed by atoms with E-state index in [2.05, 4.69) is 5.32 Å². The molecule has 3 rings (SSSR count). The molecule has 10 heteroatoms. The highest BCUT2D eigenvalue weighted by Crippen LogP contribution is 2.35. The van der Waals surface area contributed by atoms with Crippen molar-refractivity contribution < 1.29 is 24.0 Å². The van der Waals surface area contributed by atoms with Gasteiger partial charge >= 0.3 is 5.97 Å². The Morgan fingerprint density at radius 2 is 1.81 bits per heavy atom. The number of carbonyl (C=O) groups is 3. The Morgan fingerprint density at radius 3 is 2.39 bits per heavy atom. The number of piperidine rings is 1. The van der Waals surface area contributed by atoms with E-state index in [4.69, 9.17) is 4.74 Å². The highest BCUT2D eigenvalue weighted by molar-refractivity contribution is 7.18. The molecule has 1 saturated heterocycles. The zero-order valence-corrected chi connectivity index (χ0v) is 18.1. The van der Waals surface area contributed by atoms with Crippen LogP contribution in [-0.4, -0.2) is 47.3 Å². The average Bonchev–Trinajstić information content (AvgIpc) is 3.09. The molecule has 0 atom stereocenters. The third-order valence-corrected chi connectivity index (χ3v) is 6.23. The first kappa shape index (κ1) is 22.4. The van der Waals surface area contributed by atoms with Gasteiger partial charge in [-0.05, 0) is 50.8 Å². The summed E-state index contributed by atoms with van der Waals surface area (Å²) in [6.45, 7) is 4.82. The van der Waals surface area contributed by atoms with E-state index in [0.29, 0.717) is 23.5 Å². The number of ether oxygens (including phenoxy) is 1. The minimum absolute atomic E-state index is 0.134. The molecule has 1 N–H and O–H groups in total. The first-order valence-electron chi connectivity index (χ1n) is 9.99. The number of rotatable bonds is 6. The number of nitro benzene ring substituents is 1. The van der Waals surface area contributed by atoms with Crippen LogP contribution in [0.4, 0.5) is 10.7 Å². The maximum absolute atomic E-state index is 13.0. The van der Waals surface area contributed by atoms with Crippen LogP contribution in [0.1, 0.15) is 62.1 Å². The summed E-state index contributed by atoms with van der Waals surface area (Å²) in [5.74, 6) is -1.32. The monoisotopic (exact) mass is 445 g/mol. The lowest BCUT2D eigenvalue weighted by Crippen LogP contribution is -2.35. The van der Waals surface area contributed by atoms with E-state index < -0.39 is 16.8 Å². The van der Waals surface area contributed by atoms with Crippen molar-refractivity contribution in [2.45, 2.75) is 33.1 Å². The van der Waals surface area contributed by atoms with Gasteiger partial charge in [0.05, 0.1) is 22.0 Å². The van der Waals surface area contributed by atoms with Crippen LogP contribution in [-0.2, 0) is 4.74 Å². The Balaban J connectivity index is 1.91. The molecule has 164 valence electrons. The predicted molar refractivity (Wildman–Crippen MR) is 116 cm³/mol. The molecule has 1 aromatic carbocycles. The van der Waals surface area contributed by atoms with E-state index in [0.717, 1.165) is 30.6 Å². The zero-order chi connectivity index (χ0) is 22.5. The fourth-order valence-electron chi connectivity index (χ4n) is 3.40. The van der Waals surface area contributed by atoms with Gasteiger partial charge in [-0.2, -0.15) is 0 Å². The Hall–Kier alpha value is -3.27. The first-order chi connectivity index (χ1) is 14.8. The highest BCUT2D eigenvalue weighted by atomic mass is 32.1. The second kappa shape index (κ2) is 9.69. The normalized spacial score (nSPS) is 13.5. The van der Waals surface area contributed by atoms with Crippen molar-refractivity contribution in [1.82, 2.24) is 4.90 Å². The van der Waals surface area contributed by atoms with E-state index in [1.807, 2.05) is 0 Å². The van der Waals surface area contributed by atoms with Gasteiger partial charge in [0.25, 0.3) is 17.5 Å². The van der Waals surface area contributed by atoms with Crippen molar-refractivity contribution in [2.75, 3.05) is 25.0 Å². The van der Waals surface area contributed by atoms with Gasteiger partial charge in [-0.15, -0.1) is 11.3 Å². The number of thiophene rings is 1. The van der Waals surface area contributed by atoms with E-state index in [1.54, 1.807) is 18.7 Å². The molecule has 2 aromatic rings. The third kappa shape index (κ3) is 4.91. The Labute approximate surface area is 183 Å². The highest BCUT2D eigenvalue weighted by Gasteiger charge is 2.29. The van der Waals surface area contributed by atoms with Crippen molar-refractivity contribution in [3.8, 4) is 0 Å². The summed E-state index contributed by atoms with van der Waals surface area (Å²) < 4.78 is 5.13. The van der Waals surface area contributed by atoms with Gasteiger partial charge in [-0.25, -0.2) is 4.79 Å². The maximum atomic E-state index is 13.0. The number of esters is 1. The molecule has 0 saturated carbocycles. The minimum Gasteiger partial charge on any atom is -0.462 e. The third-order valence-electron chi connectivity index (χ3n) is 5.03. The molecule has 0 spiro atoms. The number of hydrogen-bond acceptors (Lipinski definition) is 7. The predicted octanol–water partition coefficient (Wildman–Crippen LogP) is 4.02. The molecular weight excluding hydrogens is 422 g/mol. The second-order valence-electron chi connectivity index (χ2n) is 7.09. The molecule has 31 heavy (non-hydrogen) atoms. The van der Waals surface area contributed by atoms with Crippen LogP contribution in [0.15, 0.2) is 24.3 Å². The van der Waals surface area contributed by atoms with Gasteiger partial charge in [-0.1, -0.05) is 0 Å². The lowest BCUT2D eigenvalue weighted by atomic mass is 10.1. The number of nitrogens with one attached hydrogen (secondary N) is 1. The lowest BCUT2D eigenvalue weighted by molar-refractivity contribution is -0.384. The molecule has 1 aromatic heterocycles. The van der Waals surface area contributed by atoms with Gasteiger partial charge in [0.2, 0.25) is 0 Å². The van der Waals surface area contributed by atoms with Crippen molar-refractivity contribution >= 4 is 39.8 Å². The average molecular weight is 445 g/mol. The summed E-state index contributed by atoms with van der Waals surface area (Å²) in [6, 6.07) is 5.12. The second-order valence-corrected chi connectivity index (χ2v) is 8.11. The number of amides is 2. The fourth-order valence-corrected chi connectivity index (χ4v) is 4.56. The van der Waals surface area contributed by atoms with Crippen LogP contribution in [0.2, 0.25) is 0 Å². The molecule has 9 nitrogen and oxygen atoms in total. The topological polar surface area (TPSA) is 119 Å². The molecule has 0 radical (unpaired) electrons. The summed E-state index contributed by atoms with van der Waals surface area (Å²) >= 11 is 1.04. The number of likely N-dealkylation sites (tertiary alicyclic amines) is 1. The summed E-state index contributed by atoms with van der Waals surface area (Å²) in [4.78, 5) is 50.7. The summed E-state index contributed by atoms with van der Waals surface area (Å²) in [5.41, 5.74) is 0.681. The van der Waals surface area contributed by atoms with Gasteiger partial charge < -0.3 is 15.0 Å². The standard InChI is InChI=1S/C21H23N3O6S/c1-3-30-21(27)16-13(2)17(20(26)23-11-5-4-6-12-23)31-19(16)22-18(25)14-7-9-15(10-8-14)24(28)29/h7-10H,3-6,11-12H2,1-2H3,(H,22,25). The fraction of sp³-hybridized carbons (Fsp3) is 0.381. The Bertz CT molecular complexity index is 1010. The zero-order valence-electron chi connectivity index (χ0n) is 17.3. The molecular formula is C21H23N3O6S. The Morgan fingerprint density at radius 1 is 1.16 bits per heavy atom. The minimum atomic E-state index is -0.618. The smallest absolute Gasteiger partial charge is 0.341 e. The number of nitro groups is 1. The SMILES string of the molecule is CCOC(=O)c1c(NC(=O)c2ccc([N+](=O)[O-])cc2)sc(C(=O)N2CCCCC2)c1C. The van der Waals surface area contributed by atoms with Crippen molar-refractivity contribution in [3.63, 3.8) is 0 Å². The maximum Gasteiger partial charge on any atom is 0.341 e. The number of hydrogen-bond donors (Lipinski definition) is 1. The molecule has 1 aliphatic heterocycles. The molecule has 1 fully saturated rings. The molecule has 0 aliphatic carbocycles. The van der Waals surface area contributed by atoms with Crippen LogP contribution < -0.4 is 5.32 Å². The van der Waals surface area contributed by atoms with Crippen LogP contribution in [0.25, 0.3) is 0 Å². The van der Waals surface area contributed by atoms with Gasteiger partial charge in [0.15, 0.2) is 0 Å². The number of benzene rings is 1. The van der Waals surface area contributed by atoms with E-state index in [-0.39, 0.29) is 34.3 Å². The van der Waals surface area contributed by atoms with Crippen molar-refractivity contribution in [1.29, 1.82) is 0 Å². The van der Waals surface area contributed by atoms with Crippen LogP contribution in [0.5, 0.6) is 0 Å². The van der Waals surface area contributed by atoms with Crippen LogP contribution in [0, 0.1) is 17.0 Å². The largest absolute Gasteiger partial charge is 0.462 e. The van der Waals surface area contributed by atoms with E-state index in [1.165, 1.54) is 24.3 Å². The number of nitrogens with zero attached hydrogens (tertiary/aromatic N) is 2. The Kier molecular flexibility index (Phi) is 7.01. The van der Waals surface area contributed by atoms with Crippen molar-refractivity contribution in [2.24, 2.45) is 0 Å². The van der Waals surface area contributed by atoms with Crippen LogP contribution >= 0.6 is 11.3 Å². The van der Waals surface area contributed by atoms with Gasteiger partial charge in [-0.3, -0.25) is 19.7 Å². The van der Waals surface area contributed by atoms with Gasteiger partial charge in [0.1, 0.15) is 5.00 Å². The van der Waals surface area contributed by atoms with Crippen LogP contribution in [0.3, 0.4) is 0 Å². The number of non-ortho nitro benzene ring substituents is 1. The first-order valence-corrected chi connectivity index (χ1v) is 10.8. The van der Waals surface area contributed by atoms with E-state index in [9.17, 15) is 24.5 Å². The summed E-state index contributed by atoms with van der Waals surface area (Å²) in [5, 5.41) is 13.7. The summed E-state index contributed by atoms with van der Waals surface area (Å²) in [7, 11) is 0. The quantitative estimate of drug-likeness (QED) is 0.407. The van der Waals surface area contributed by atoms with Gasteiger partial charge in [0, 0.05) is 30.8 Å². The number of carbonyl (C=O) groups excluding carboxylic acids is 3. The number of anilines is 1. The molecule has 2 heterocycles. The van der Waals surface area contributed by atoms with E-state index >= 15 is 0 Å². The summed E-state index contributed by atoms with van der Waals surface area (Å²) in [6.07, 6.45) is 2.95. The molecule has 0 unspecified atom stereocenters.